The lowest BCUT2D eigenvalue weighted by molar-refractivity contribution is 0.475. The van der Waals surface area contributed by atoms with E-state index in [-0.39, 0.29) is 11.5 Å². The minimum absolute atomic E-state index is 0.194. The minimum Gasteiger partial charge on any atom is -0.508 e. The van der Waals surface area contributed by atoms with Gasteiger partial charge in [0.15, 0.2) is 0 Å². The van der Waals surface area contributed by atoms with Crippen molar-refractivity contribution in [3.05, 3.63) is 87.9 Å². The number of aromatic hydroxyl groups is 2. The first-order valence-corrected chi connectivity index (χ1v) is 8.93. The highest BCUT2D eigenvalue weighted by molar-refractivity contribution is 7.80. The Balaban J connectivity index is 2.08. The fourth-order valence-corrected chi connectivity index (χ4v) is 4.26. The second-order valence-corrected chi connectivity index (χ2v) is 7.21. The average Bonchev–Trinajstić information content (AvgIpc) is 2.93. The Labute approximate surface area is 161 Å². The van der Waals surface area contributed by atoms with Crippen LogP contribution in [0.4, 0.5) is 5.69 Å². The number of halogens is 1. The zero-order valence-corrected chi connectivity index (χ0v) is 15.5. The van der Waals surface area contributed by atoms with Gasteiger partial charge in [-0.2, -0.15) is 0 Å². The highest BCUT2D eigenvalue weighted by Gasteiger charge is 2.47. The molecule has 3 aromatic rings. The van der Waals surface area contributed by atoms with Crippen molar-refractivity contribution in [1.82, 2.24) is 0 Å². The summed E-state index contributed by atoms with van der Waals surface area (Å²) >= 11 is 12.1. The van der Waals surface area contributed by atoms with Gasteiger partial charge in [-0.1, -0.05) is 54.2 Å². The van der Waals surface area contributed by atoms with Gasteiger partial charge in [-0.25, -0.2) is 0 Å². The van der Waals surface area contributed by atoms with E-state index in [9.17, 15) is 10.2 Å². The molecule has 0 saturated carbocycles. The molecule has 0 aromatic heterocycles. The fraction of sp³-hybridized carbons (Fsp3) is 0.0952. The summed E-state index contributed by atoms with van der Waals surface area (Å²) in [7, 11) is 0. The molecule has 26 heavy (non-hydrogen) atoms. The van der Waals surface area contributed by atoms with Crippen LogP contribution in [0.3, 0.4) is 0 Å². The Hall–Kier alpha value is -2.56. The maximum Gasteiger partial charge on any atom is 0.115 e. The summed E-state index contributed by atoms with van der Waals surface area (Å²) in [4.78, 5) is 0.634. The van der Waals surface area contributed by atoms with Gasteiger partial charge in [-0.3, -0.25) is 0 Å². The lowest BCUT2D eigenvalue weighted by atomic mass is 9.70. The number of anilines is 1. The predicted molar refractivity (Wildman–Crippen MR) is 109 cm³/mol. The first kappa shape index (κ1) is 16.9. The molecule has 4 rings (SSSR count). The van der Waals surface area contributed by atoms with Crippen LogP contribution in [0.2, 0.25) is 5.02 Å². The summed E-state index contributed by atoms with van der Waals surface area (Å²) in [5, 5.41) is 23.5. The van der Waals surface area contributed by atoms with Crippen molar-refractivity contribution >= 4 is 34.5 Å². The van der Waals surface area contributed by atoms with Crippen LogP contribution in [0.5, 0.6) is 11.5 Å². The molecule has 1 aliphatic heterocycles. The molecule has 0 unspecified atom stereocenters. The van der Waals surface area contributed by atoms with Crippen LogP contribution in [-0.4, -0.2) is 15.2 Å². The van der Waals surface area contributed by atoms with Crippen LogP contribution in [0.25, 0.3) is 0 Å². The summed E-state index contributed by atoms with van der Waals surface area (Å²) in [5.41, 5.74) is 3.98. The van der Waals surface area contributed by atoms with Gasteiger partial charge in [0, 0.05) is 10.7 Å². The molecule has 5 heteroatoms. The highest BCUT2D eigenvalue weighted by Crippen LogP contribution is 2.50. The van der Waals surface area contributed by atoms with Crippen molar-refractivity contribution in [2.75, 3.05) is 5.32 Å². The first-order valence-electron chi connectivity index (χ1n) is 8.14. The summed E-state index contributed by atoms with van der Waals surface area (Å²) < 4.78 is 0. The standard InChI is InChI=1S/C21H16ClNO2S/c1-12-18(22)11-10-17-19(12)23-20(26)21(17,13-2-6-15(24)7-3-13)14-4-8-16(25)9-5-14/h2-11,24-25H,1H3,(H,23,26). The topological polar surface area (TPSA) is 52.5 Å². The van der Waals surface area contributed by atoms with Gasteiger partial charge < -0.3 is 15.5 Å². The number of fused-ring (bicyclic) bond motifs is 1. The van der Waals surface area contributed by atoms with E-state index in [0.29, 0.717) is 10.0 Å². The van der Waals surface area contributed by atoms with Gasteiger partial charge in [0.05, 0.1) is 10.4 Å². The van der Waals surface area contributed by atoms with Crippen molar-refractivity contribution < 1.29 is 10.2 Å². The number of phenols is 2. The zero-order chi connectivity index (χ0) is 18.5. The molecule has 0 aliphatic carbocycles. The number of benzene rings is 3. The Morgan fingerprint density at radius 2 is 1.35 bits per heavy atom. The van der Waals surface area contributed by atoms with Crippen molar-refractivity contribution in [3.8, 4) is 11.5 Å². The second-order valence-electron chi connectivity index (χ2n) is 6.39. The van der Waals surface area contributed by atoms with Gasteiger partial charge in [0.25, 0.3) is 0 Å². The first-order chi connectivity index (χ1) is 12.4. The van der Waals surface area contributed by atoms with E-state index in [1.54, 1.807) is 24.3 Å². The number of nitrogens with one attached hydrogen (secondary N) is 1. The Kier molecular flexibility index (Phi) is 3.90. The van der Waals surface area contributed by atoms with E-state index >= 15 is 0 Å². The van der Waals surface area contributed by atoms with E-state index < -0.39 is 5.41 Å². The molecule has 3 N–H and O–H groups in total. The molecule has 0 amide bonds. The molecule has 1 aliphatic rings. The number of phenolic OH excluding ortho intramolecular Hbond substituents is 2. The third-order valence-corrected chi connectivity index (χ3v) is 5.80. The second kappa shape index (κ2) is 6.01. The molecular weight excluding hydrogens is 366 g/mol. The fourth-order valence-electron chi connectivity index (χ4n) is 3.65. The van der Waals surface area contributed by atoms with Crippen molar-refractivity contribution in [2.24, 2.45) is 0 Å². The molecule has 130 valence electrons. The molecule has 0 fully saturated rings. The van der Waals surface area contributed by atoms with E-state index in [1.807, 2.05) is 43.3 Å². The third kappa shape index (κ3) is 2.30. The van der Waals surface area contributed by atoms with E-state index in [0.717, 1.165) is 27.9 Å². The Morgan fingerprint density at radius 3 is 1.85 bits per heavy atom. The lowest BCUT2D eigenvalue weighted by Crippen LogP contribution is -2.35. The van der Waals surface area contributed by atoms with Crippen LogP contribution in [0, 0.1) is 6.92 Å². The van der Waals surface area contributed by atoms with Crippen molar-refractivity contribution in [2.45, 2.75) is 12.3 Å². The maximum absolute atomic E-state index is 9.73. The van der Waals surface area contributed by atoms with Crippen LogP contribution in [-0.2, 0) is 5.41 Å². The molecule has 3 aromatic carbocycles. The van der Waals surface area contributed by atoms with Crippen LogP contribution in [0.1, 0.15) is 22.3 Å². The third-order valence-electron chi connectivity index (χ3n) is 4.98. The summed E-state index contributed by atoms with van der Waals surface area (Å²) in [5.74, 6) is 0.387. The Morgan fingerprint density at radius 1 is 0.846 bits per heavy atom. The maximum atomic E-state index is 9.73. The molecule has 0 spiro atoms. The van der Waals surface area contributed by atoms with E-state index in [2.05, 4.69) is 5.32 Å². The monoisotopic (exact) mass is 381 g/mol. The quantitative estimate of drug-likeness (QED) is 0.537. The molecule has 0 radical (unpaired) electrons. The molecule has 1 heterocycles. The van der Waals surface area contributed by atoms with Crippen molar-refractivity contribution in [1.29, 1.82) is 0 Å². The van der Waals surface area contributed by atoms with Gasteiger partial charge in [-0.15, -0.1) is 0 Å². The number of rotatable bonds is 2. The number of hydrogen-bond donors (Lipinski definition) is 3. The van der Waals surface area contributed by atoms with Crippen LogP contribution >= 0.6 is 23.8 Å². The molecular formula is C21H16ClNO2S. The molecule has 3 nitrogen and oxygen atoms in total. The van der Waals surface area contributed by atoms with Crippen LogP contribution in [0.15, 0.2) is 60.7 Å². The summed E-state index contributed by atoms with van der Waals surface area (Å²) in [6.45, 7) is 1.96. The number of hydrogen-bond acceptors (Lipinski definition) is 3. The minimum atomic E-state index is -0.721. The molecule has 0 saturated heterocycles. The average molecular weight is 382 g/mol. The van der Waals surface area contributed by atoms with Gasteiger partial charge in [-0.05, 0) is 59.5 Å². The lowest BCUT2D eigenvalue weighted by Gasteiger charge is -2.31. The normalized spacial score (nSPS) is 14.8. The highest BCUT2D eigenvalue weighted by atomic mass is 35.5. The van der Waals surface area contributed by atoms with Gasteiger partial charge in [0.2, 0.25) is 0 Å². The largest absolute Gasteiger partial charge is 0.508 e. The molecule has 0 atom stereocenters. The SMILES string of the molecule is Cc1c(Cl)ccc2c1NC(=S)C2(c1ccc(O)cc1)c1ccc(O)cc1. The summed E-state index contributed by atoms with van der Waals surface area (Å²) in [6, 6.07) is 18.0. The van der Waals surface area contributed by atoms with Gasteiger partial charge in [0.1, 0.15) is 11.5 Å². The van der Waals surface area contributed by atoms with Crippen LogP contribution < -0.4 is 5.32 Å². The number of thiocarbonyl (C=S) groups is 1. The van der Waals surface area contributed by atoms with E-state index in [1.165, 1.54) is 0 Å². The van der Waals surface area contributed by atoms with Gasteiger partial charge >= 0.3 is 0 Å². The molecule has 0 bridgehead atoms. The predicted octanol–water partition coefficient (Wildman–Crippen LogP) is 5.15. The zero-order valence-electron chi connectivity index (χ0n) is 14.0. The summed E-state index contributed by atoms with van der Waals surface area (Å²) in [6.07, 6.45) is 0. The smallest absolute Gasteiger partial charge is 0.115 e. The van der Waals surface area contributed by atoms with E-state index in [4.69, 9.17) is 23.8 Å². The van der Waals surface area contributed by atoms with Crippen molar-refractivity contribution in [3.63, 3.8) is 0 Å². The Bertz CT molecular complexity index is 968.